The van der Waals surface area contributed by atoms with E-state index in [2.05, 4.69) is 4.74 Å². The zero-order valence-corrected chi connectivity index (χ0v) is 12.7. The molecule has 2 amide bonds. The van der Waals surface area contributed by atoms with Crippen molar-refractivity contribution in [3.05, 3.63) is 53.6 Å². The van der Waals surface area contributed by atoms with Gasteiger partial charge < -0.3 is 20.9 Å². The zero-order valence-electron chi connectivity index (χ0n) is 12.7. The van der Waals surface area contributed by atoms with Crippen molar-refractivity contribution in [3.8, 4) is 16.9 Å². The van der Waals surface area contributed by atoms with Crippen molar-refractivity contribution in [1.29, 1.82) is 0 Å². The molecule has 6 heteroatoms. The smallest absolute Gasteiger partial charge is 0.404 e. The number of rotatable bonds is 6. The molecule has 120 valence electrons. The van der Waals surface area contributed by atoms with Gasteiger partial charge in [0.25, 0.3) is 0 Å². The van der Waals surface area contributed by atoms with E-state index in [9.17, 15) is 9.59 Å². The molecule has 4 N–H and O–H groups in total. The molecule has 0 heterocycles. The van der Waals surface area contributed by atoms with E-state index in [-0.39, 0.29) is 13.2 Å². The van der Waals surface area contributed by atoms with Crippen molar-refractivity contribution < 1.29 is 19.1 Å². The van der Waals surface area contributed by atoms with Crippen LogP contribution in [-0.2, 0) is 4.74 Å². The molecule has 0 unspecified atom stereocenters. The number of ether oxygens (including phenoxy) is 2. The van der Waals surface area contributed by atoms with Crippen molar-refractivity contribution in [1.82, 2.24) is 0 Å². The Bertz CT molecular complexity index is 728. The fourth-order valence-electron chi connectivity index (χ4n) is 2.19. The van der Waals surface area contributed by atoms with Crippen LogP contribution >= 0.6 is 0 Å². The van der Waals surface area contributed by atoms with Crippen LogP contribution in [0.4, 0.5) is 4.79 Å². The molecular weight excluding hydrogens is 296 g/mol. The maximum Gasteiger partial charge on any atom is 0.404 e. The summed E-state index contributed by atoms with van der Waals surface area (Å²) in [5.41, 5.74) is 13.5. The summed E-state index contributed by atoms with van der Waals surface area (Å²) in [6, 6.07) is 12.7. The van der Waals surface area contributed by atoms with Crippen LogP contribution in [0.25, 0.3) is 11.1 Å². The van der Waals surface area contributed by atoms with Crippen molar-refractivity contribution >= 4 is 12.0 Å². The van der Waals surface area contributed by atoms with E-state index in [1.807, 2.05) is 31.2 Å². The average Bonchev–Trinajstić information content (AvgIpc) is 2.51. The molecule has 2 aromatic carbocycles. The molecule has 0 saturated carbocycles. The molecule has 2 aromatic rings. The molecule has 0 aliphatic heterocycles. The fraction of sp³-hybridized carbons (Fsp3) is 0.176. The van der Waals surface area contributed by atoms with Crippen LogP contribution in [0.15, 0.2) is 42.5 Å². The minimum Gasteiger partial charge on any atom is -0.490 e. The molecule has 0 spiro atoms. The first-order valence-electron chi connectivity index (χ1n) is 7.03. The highest BCUT2D eigenvalue weighted by Crippen LogP contribution is 2.27. The van der Waals surface area contributed by atoms with E-state index in [4.69, 9.17) is 16.2 Å². The van der Waals surface area contributed by atoms with E-state index in [1.54, 1.807) is 18.2 Å². The van der Waals surface area contributed by atoms with Crippen LogP contribution in [0, 0.1) is 6.92 Å². The zero-order chi connectivity index (χ0) is 16.8. The number of hydrogen-bond donors (Lipinski definition) is 2. The van der Waals surface area contributed by atoms with E-state index < -0.39 is 12.0 Å². The second kappa shape index (κ2) is 7.31. The summed E-state index contributed by atoms with van der Waals surface area (Å²) in [4.78, 5) is 21.7. The molecule has 0 aliphatic rings. The fourth-order valence-corrected chi connectivity index (χ4v) is 2.19. The van der Waals surface area contributed by atoms with Crippen molar-refractivity contribution in [2.45, 2.75) is 6.92 Å². The van der Waals surface area contributed by atoms with Gasteiger partial charge in [-0.3, -0.25) is 4.79 Å². The van der Waals surface area contributed by atoms with Crippen molar-refractivity contribution in [3.63, 3.8) is 0 Å². The highest BCUT2D eigenvalue weighted by atomic mass is 16.6. The first kappa shape index (κ1) is 16.4. The number of aryl methyl sites for hydroxylation is 1. The van der Waals surface area contributed by atoms with E-state index in [0.717, 1.165) is 16.7 Å². The van der Waals surface area contributed by atoms with Gasteiger partial charge in [0.2, 0.25) is 5.91 Å². The van der Waals surface area contributed by atoms with Gasteiger partial charge in [-0.1, -0.05) is 18.2 Å². The summed E-state index contributed by atoms with van der Waals surface area (Å²) in [6.07, 6.45) is -0.825. The summed E-state index contributed by atoms with van der Waals surface area (Å²) in [5.74, 6) is 0.198. The first-order valence-corrected chi connectivity index (χ1v) is 7.03. The maximum absolute atomic E-state index is 11.3. The van der Waals surface area contributed by atoms with Gasteiger partial charge in [0.05, 0.1) is 0 Å². The molecule has 6 nitrogen and oxygen atoms in total. The van der Waals surface area contributed by atoms with Crippen LogP contribution < -0.4 is 16.2 Å². The Morgan fingerprint density at radius 1 is 1.04 bits per heavy atom. The van der Waals surface area contributed by atoms with Gasteiger partial charge in [-0.25, -0.2) is 4.79 Å². The second-order valence-electron chi connectivity index (χ2n) is 4.94. The summed E-state index contributed by atoms with van der Waals surface area (Å²) in [7, 11) is 0. The number of nitrogens with two attached hydrogens (primary N) is 2. The lowest BCUT2D eigenvalue weighted by molar-refractivity contribution is 0.1000. The van der Waals surface area contributed by atoms with Crippen molar-refractivity contribution in [2.75, 3.05) is 13.2 Å². The minimum atomic E-state index is -0.825. The predicted molar refractivity (Wildman–Crippen MR) is 86.2 cm³/mol. The SMILES string of the molecule is Cc1cc(OCCOC(N)=O)ccc1-c1cccc(C(N)=O)c1. The summed E-state index contributed by atoms with van der Waals surface area (Å²) in [5, 5.41) is 0. The lowest BCUT2D eigenvalue weighted by Gasteiger charge is -2.11. The van der Waals surface area contributed by atoms with Gasteiger partial charge in [-0.05, 0) is 47.9 Å². The third-order valence-corrected chi connectivity index (χ3v) is 3.25. The Morgan fingerprint density at radius 2 is 1.83 bits per heavy atom. The molecule has 0 radical (unpaired) electrons. The third kappa shape index (κ3) is 4.47. The van der Waals surface area contributed by atoms with Crippen LogP contribution in [0.2, 0.25) is 0 Å². The minimum absolute atomic E-state index is 0.0940. The molecular formula is C17H18N2O4. The number of hydrogen-bond acceptors (Lipinski definition) is 4. The van der Waals surface area contributed by atoms with Gasteiger partial charge >= 0.3 is 6.09 Å². The predicted octanol–water partition coefficient (Wildman–Crippen LogP) is 2.24. The first-order chi connectivity index (χ1) is 11.0. The lowest BCUT2D eigenvalue weighted by Crippen LogP contribution is -2.17. The normalized spacial score (nSPS) is 10.1. The van der Waals surface area contributed by atoms with Crippen LogP contribution in [-0.4, -0.2) is 25.2 Å². The van der Waals surface area contributed by atoms with Crippen LogP contribution in [0.3, 0.4) is 0 Å². The largest absolute Gasteiger partial charge is 0.490 e. The Morgan fingerprint density at radius 3 is 2.48 bits per heavy atom. The Balaban J connectivity index is 2.11. The standard InChI is InChI=1S/C17H18N2O4/c1-11-9-14(22-7-8-23-17(19)21)5-6-15(11)12-3-2-4-13(10-12)16(18)20/h2-6,9-10H,7-8H2,1H3,(H2,18,20)(H2,19,21). The number of primary amides is 2. The van der Waals surface area contributed by atoms with Crippen LogP contribution in [0.5, 0.6) is 5.75 Å². The topological polar surface area (TPSA) is 105 Å². The van der Waals surface area contributed by atoms with Gasteiger partial charge in [0.15, 0.2) is 0 Å². The van der Waals surface area contributed by atoms with Crippen molar-refractivity contribution in [2.24, 2.45) is 11.5 Å². The molecule has 0 atom stereocenters. The summed E-state index contributed by atoms with van der Waals surface area (Å²) >= 11 is 0. The number of carbonyl (C=O) groups is 2. The molecule has 0 fully saturated rings. The maximum atomic E-state index is 11.3. The van der Waals surface area contributed by atoms with Gasteiger partial charge in [0.1, 0.15) is 19.0 Å². The summed E-state index contributed by atoms with van der Waals surface area (Å²) < 4.78 is 10.1. The molecule has 0 aromatic heterocycles. The second-order valence-corrected chi connectivity index (χ2v) is 4.94. The Kier molecular flexibility index (Phi) is 5.19. The number of carbonyl (C=O) groups excluding carboxylic acids is 2. The quantitative estimate of drug-likeness (QED) is 0.798. The highest BCUT2D eigenvalue weighted by molar-refractivity contribution is 5.94. The Hall–Kier alpha value is -3.02. The molecule has 0 aliphatic carbocycles. The van der Waals surface area contributed by atoms with Gasteiger partial charge in [-0.2, -0.15) is 0 Å². The highest BCUT2D eigenvalue weighted by Gasteiger charge is 2.07. The number of amides is 2. The third-order valence-electron chi connectivity index (χ3n) is 3.25. The lowest BCUT2D eigenvalue weighted by atomic mass is 9.98. The van der Waals surface area contributed by atoms with E-state index >= 15 is 0 Å². The average molecular weight is 314 g/mol. The molecule has 0 saturated heterocycles. The molecule has 2 rings (SSSR count). The van der Waals surface area contributed by atoms with E-state index in [0.29, 0.717) is 11.3 Å². The molecule has 23 heavy (non-hydrogen) atoms. The molecule has 0 bridgehead atoms. The monoisotopic (exact) mass is 314 g/mol. The van der Waals surface area contributed by atoms with E-state index in [1.165, 1.54) is 0 Å². The van der Waals surface area contributed by atoms with Crippen LogP contribution in [0.1, 0.15) is 15.9 Å². The number of benzene rings is 2. The Labute approximate surface area is 134 Å². The van der Waals surface area contributed by atoms with Gasteiger partial charge in [-0.15, -0.1) is 0 Å². The summed E-state index contributed by atoms with van der Waals surface area (Å²) in [6.45, 7) is 2.26. The van der Waals surface area contributed by atoms with Gasteiger partial charge in [0, 0.05) is 5.56 Å².